The topological polar surface area (TPSA) is 26.0 Å². The Morgan fingerprint density at radius 2 is 1.92 bits per heavy atom. The summed E-state index contributed by atoms with van der Waals surface area (Å²) in [5, 5.41) is 0. The first-order valence-corrected chi connectivity index (χ1v) is 4.63. The van der Waals surface area contributed by atoms with Crippen LogP contribution in [0.1, 0.15) is 19.3 Å². The average Bonchev–Trinajstić information content (AvgIpc) is 2.08. The lowest BCUT2D eigenvalue weighted by atomic mass is 9.73. The third-order valence-corrected chi connectivity index (χ3v) is 2.54. The molecule has 0 atom stereocenters. The molecular weight excluding hydrogens is 158 g/mol. The van der Waals surface area contributed by atoms with E-state index in [1.807, 2.05) is 24.3 Å². The fraction of sp³-hybridized carbons (Fsp3) is 0.333. The van der Waals surface area contributed by atoms with Gasteiger partial charge in [0.2, 0.25) is 0 Å². The van der Waals surface area contributed by atoms with Crippen LogP contribution in [0, 0.1) is 0 Å². The number of hydrogen-bond donors (Lipinski definition) is 1. The van der Waals surface area contributed by atoms with E-state index in [0.717, 1.165) is 18.4 Å². The van der Waals surface area contributed by atoms with Crippen molar-refractivity contribution in [3.05, 3.63) is 49.1 Å². The molecule has 70 valence electrons. The molecule has 1 nitrogen and oxygen atoms in total. The van der Waals surface area contributed by atoms with Gasteiger partial charge in [-0.2, -0.15) is 0 Å². The summed E-state index contributed by atoms with van der Waals surface area (Å²) in [6, 6.07) is 0. The SMILES string of the molecule is C=CC=CC=CC(=C)C1(N)CCC1. The smallest absolute Gasteiger partial charge is 0.0403 e. The maximum atomic E-state index is 6.07. The van der Waals surface area contributed by atoms with E-state index in [0.29, 0.717) is 0 Å². The minimum absolute atomic E-state index is 0.113. The molecule has 1 aliphatic rings. The molecule has 0 radical (unpaired) electrons. The molecule has 0 aromatic heterocycles. The van der Waals surface area contributed by atoms with Crippen LogP contribution < -0.4 is 5.73 Å². The quantitative estimate of drug-likeness (QED) is 0.653. The predicted octanol–water partition coefficient (Wildman–Crippen LogP) is 2.72. The van der Waals surface area contributed by atoms with Crippen molar-refractivity contribution < 1.29 is 0 Å². The second-order valence-electron chi connectivity index (χ2n) is 3.51. The molecule has 2 N–H and O–H groups in total. The van der Waals surface area contributed by atoms with Gasteiger partial charge in [-0.1, -0.05) is 43.5 Å². The van der Waals surface area contributed by atoms with Gasteiger partial charge in [-0.3, -0.25) is 0 Å². The van der Waals surface area contributed by atoms with Crippen LogP contribution in [0.15, 0.2) is 49.1 Å². The highest BCUT2D eigenvalue weighted by molar-refractivity contribution is 5.32. The summed E-state index contributed by atoms with van der Waals surface area (Å²) in [5.41, 5.74) is 6.99. The van der Waals surface area contributed by atoms with Gasteiger partial charge >= 0.3 is 0 Å². The van der Waals surface area contributed by atoms with Crippen molar-refractivity contribution in [1.82, 2.24) is 0 Å². The van der Waals surface area contributed by atoms with E-state index in [2.05, 4.69) is 13.2 Å². The van der Waals surface area contributed by atoms with Crippen LogP contribution in [-0.4, -0.2) is 5.54 Å². The lowest BCUT2D eigenvalue weighted by molar-refractivity contribution is 0.305. The van der Waals surface area contributed by atoms with E-state index in [-0.39, 0.29) is 5.54 Å². The number of rotatable bonds is 4. The van der Waals surface area contributed by atoms with Gasteiger partial charge < -0.3 is 5.73 Å². The Hall–Kier alpha value is -1.08. The summed E-state index contributed by atoms with van der Waals surface area (Å²) in [5.74, 6) is 0. The largest absolute Gasteiger partial charge is 0.321 e. The zero-order valence-corrected chi connectivity index (χ0v) is 8.00. The van der Waals surface area contributed by atoms with Crippen LogP contribution in [0.2, 0.25) is 0 Å². The van der Waals surface area contributed by atoms with Crippen LogP contribution in [0.4, 0.5) is 0 Å². The summed E-state index contributed by atoms with van der Waals surface area (Å²) in [7, 11) is 0. The third-order valence-electron chi connectivity index (χ3n) is 2.54. The molecule has 0 saturated heterocycles. The molecule has 1 fully saturated rings. The Bertz CT molecular complexity index is 254. The standard InChI is InChI=1S/C12H17N/c1-3-4-5-6-8-11(2)12(13)9-7-10-12/h3-6,8H,1-2,7,9-10,13H2. The van der Waals surface area contributed by atoms with E-state index in [1.165, 1.54) is 6.42 Å². The zero-order chi connectivity index (χ0) is 9.73. The van der Waals surface area contributed by atoms with Crippen molar-refractivity contribution in [1.29, 1.82) is 0 Å². The molecule has 0 aliphatic heterocycles. The van der Waals surface area contributed by atoms with Crippen molar-refractivity contribution in [2.24, 2.45) is 5.73 Å². The molecule has 1 heteroatoms. The molecule has 0 bridgehead atoms. The summed E-state index contributed by atoms with van der Waals surface area (Å²) < 4.78 is 0. The van der Waals surface area contributed by atoms with Crippen molar-refractivity contribution in [2.75, 3.05) is 0 Å². The minimum atomic E-state index is -0.113. The normalized spacial score (nSPS) is 20.4. The van der Waals surface area contributed by atoms with Gasteiger partial charge in [0.15, 0.2) is 0 Å². The summed E-state index contributed by atoms with van der Waals surface area (Å²) >= 11 is 0. The number of allylic oxidation sites excluding steroid dienone is 4. The van der Waals surface area contributed by atoms with E-state index < -0.39 is 0 Å². The molecule has 1 aliphatic carbocycles. The van der Waals surface area contributed by atoms with Crippen LogP contribution in [-0.2, 0) is 0 Å². The van der Waals surface area contributed by atoms with Gasteiger partial charge in [-0.05, 0) is 24.8 Å². The van der Waals surface area contributed by atoms with Crippen molar-refractivity contribution >= 4 is 0 Å². The molecule has 13 heavy (non-hydrogen) atoms. The van der Waals surface area contributed by atoms with Gasteiger partial charge in [-0.15, -0.1) is 0 Å². The molecule has 0 aromatic rings. The summed E-state index contributed by atoms with van der Waals surface area (Å²) in [6.45, 7) is 7.56. The average molecular weight is 175 g/mol. The van der Waals surface area contributed by atoms with Crippen molar-refractivity contribution in [3.63, 3.8) is 0 Å². The molecule has 0 amide bonds. The first-order chi connectivity index (χ1) is 6.19. The maximum absolute atomic E-state index is 6.07. The van der Waals surface area contributed by atoms with E-state index in [4.69, 9.17) is 5.73 Å². The Morgan fingerprint density at radius 3 is 2.38 bits per heavy atom. The number of nitrogens with two attached hydrogens (primary N) is 1. The predicted molar refractivity (Wildman–Crippen MR) is 58.4 cm³/mol. The van der Waals surface area contributed by atoms with Gasteiger partial charge in [0.05, 0.1) is 0 Å². The molecular formula is C12H17N. The van der Waals surface area contributed by atoms with Gasteiger partial charge in [-0.25, -0.2) is 0 Å². The molecule has 0 heterocycles. The summed E-state index contributed by atoms with van der Waals surface area (Å²) in [4.78, 5) is 0. The van der Waals surface area contributed by atoms with E-state index in [1.54, 1.807) is 6.08 Å². The van der Waals surface area contributed by atoms with Gasteiger partial charge in [0.1, 0.15) is 0 Å². The van der Waals surface area contributed by atoms with Crippen molar-refractivity contribution in [2.45, 2.75) is 24.8 Å². The second kappa shape index (κ2) is 4.24. The Morgan fingerprint density at radius 1 is 1.23 bits per heavy atom. The Labute approximate surface area is 80.3 Å². The Kier molecular flexibility index (Phi) is 3.26. The van der Waals surface area contributed by atoms with Crippen LogP contribution in [0.25, 0.3) is 0 Å². The molecule has 0 aromatic carbocycles. The van der Waals surface area contributed by atoms with E-state index >= 15 is 0 Å². The van der Waals surface area contributed by atoms with Crippen LogP contribution in [0.5, 0.6) is 0 Å². The lowest BCUT2D eigenvalue weighted by Crippen LogP contribution is -2.47. The monoisotopic (exact) mass is 175 g/mol. The minimum Gasteiger partial charge on any atom is -0.321 e. The van der Waals surface area contributed by atoms with Gasteiger partial charge in [0, 0.05) is 5.54 Å². The van der Waals surface area contributed by atoms with Crippen LogP contribution in [0.3, 0.4) is 0 Å². The Balaban J connectivity index is 2.44. The molecule has 0 spiro atoms. The first kappa shape index (κ1) is 10.0. The highest BCUT2D eigenvalue weighted by Gasteiger charge is 2.33. The number of hydrogen-bond acceptors (Lipinski definition) is 1. The summed E-state index contributed by atoms with van der Waals surface area (Å²) in [6.07, 6.45) is 12.9. The van der Waals surface area contributed by atoms with Crippen LogP contribution >= 0.6 is 0 Å². The highest BCUT2D eigenvalue weighted by atomic mass is 14.8. The molecule has 1 rings (SSSR count). The fourth-order valence-electron chi connectivity index (χ4n) is 1.36. The first-order valence-electron chi connectivity index (χ1n) is 4.63. The zero-order valence-electron chi connectivity index (χ0n) is 8.00. The lowest BCUT2D eigenvalue weighted by Gasteiger charge is -2.38. The fourth-order valence-corrected chi connectivity index (χ4v) is 1.36. The molecule has 0 unspecified atom stereocenters. The maximum Gasteiger partial charge on any atom is 0.0403 e. The highest BCUT2D eigenvalue weighted by Crippen LogP contribution is 2.35. The molecule has 1 saturated carbocycles. The van der Waals surface area contributed by atoms with Gasteiger partial charge in [0.25, 0.3) is 0 Å². The third kappa shape index (κ3) is 2.43. The second-order valence-corrected chi connectivity index (χ2v) is 3.51. The van der Waals surface area contributed by atoms with E-state index in [9.17, 15) is 0 Å². The van der Waals surface area contributed by atoms with Crippen molar-refractivity contribution in [3.8, 4) is 0 Å².